The summed E-state index contributed by atoms with van der Waals surface area (Å²) < 4.78 is 0. The van der Waals surface area contributed by atoms with Crippen LogP contribution in [0.25, 0.3) is 0 Å². The highest BCUT2D eigenvalue weighted by atomic mass is 14.3. The Labute approximate surface area is 77.7 Å². The minimum Gasteiger partial charge on any atom is -0.0628 e. The molecule has 0 aliphatic heterocycles. The summed E-state index contributed by atoms with van der Waals surface area (Å²) >= 11 is 0. The second-order valence-corrected chi connectivity index (χ2v) is 5.41. The van der Waals surface area contributed by atoms with Crippen LogP contribution in [0.5, 0.6) is 0 Å². The standard InChI is InChI=1S/C12H24/c1-9(2)5-12-7-10(3)6-11(4)8-12/h9-12H,5-8H2,1-4H3. The van der Waals surface area contributed by atoms with Gasteiger partial charge in [0.1, 0.15) is 0 Å². The molecule has 0 spiro atoms. The summed E-state index contributed by atoms with van der Waals surface area (Å²) in [6.45, 7) is 9.54. The third kappa shape index (κ3) is 3.16. The van der Waals surface area contributed by atoms with Crippen molar-refractivity contribution in [1.82, 2.24) is 0 Å². The van der Waals surface area contributed by atoms with Crippen LogP contribution in [0.2, 0.25) is 0 Å². The quantitative estimate of drug-likeness (QED) is 0.582. The van der Waals surface area contributed by atoms with E-state index in [1.54, 1.807) is 0 Å². The first-order valence-corrected chi connectivity index (χ1v) is 5.58. The molecule has 1 aliphatic carbocycles. The average Bonchev–Trinajstić information content (AvgIpc) is 1.81. The first-order valence-electron chi connectivity index (χ1n) is 5.58. The minimum atomic E-state index is 0.896. The molecule has 0 aromatic carbocycles. The fraction of sp³-hybridized carbons (Fsp3) is 1.00. The summed E-state index contributed by atoms with van der Waals surface area (Å²) in [7, 11) is 0. The Morgan fingerprint density at radius 2 is 1.50 bits per heavy atom. The molecule has 2 atom stereocenters. The molecule has 1 rings (SSSR count). The van der Waals surface area contributed by atoms with Gasteiger partial charge in [0.15, 0.2) is 0 Å². The van der Waals surface area contributed by atoms with Crippen LogP contribution < -0.4 is 0 Å². The Morgan fingerprint density at radius 3 is 1.92 bits per heavy atom. The molecule has 0 aromatic rings. The van der Waals surface area contributed by atoms with Gasteiger partial charge in [-0.05, 0) is 49.4 Å². The van der Waals surface area contributed by atoms with Gasteiger partial charge < -0.3 is 0 Å². The largest absolute Gasteiger partial charge is 0.0628 e. The number of rotatable bonds is 2. The lowest BCUT2D eigenvalue weighted by Crippen LogP contribution is -2.20. The summed E-state index contributed by atoms with van der Waals surface area (Å²) in [5.41, 5.74) is 0. The first-order chi connectivity index (χ1) is 5.58. The predicted molar refractivity (Wildman–Crippen MR) is 55.1 cm³/mol. The topological polar surface area (TPSA) is 0 Å². The van der Waals surface area contributed by atoms with Gasteiger partial charge in [0, 0.05) is 0 Å². The van der Waals surface area contributed by atoms with Crippen molar-refractivity contribution in [3.8, 4) is 0 Å². The van der Waals surface area contributed by atoms with Crippen molar-refractivity contribution in [2.75, 3.05) is 0 Å². The summed E-state index contributed by atoms with van der Waals surface area (Å²) in [6, 6.07) is 0. The Morgan fingerprint density at radius 1 is 1.00 bits per heavy atom. The molecule has 0 aromatic heterocycles. The Kier molecular flexibility index (Phi) is 3.61. The lowest BCUT2D eigenvalue weighted by molar-refractivity contribution is 0.195. The molecule has 1 aliphatic rings. The number of hydrogen-bond donors (Lipinski definition) is 0. The van der Waals surface area contributed by atoms with Gasteiger partial charge >= 0.3 is 0 Å². The molecule has 0 N–H and O–H groups in total. The van der Waals surface area contributed by atoms with Crippen LogP contribution in [0, 0.1) is 23.7 Å². The van der Waals surface area contributed by atoms with E-state index in [9.17, 15) is 0 Å². The van der Waals surface area contributed by atoms with Gasteiger partial charge in [-0.1, -0.05) is 27.7 Å². The summed E-state index contributed by atoms with van der Waals surface area (Å²) in [5, 5.41) is 0. The van der Waals surface area contributed by atoms with E-state index in [-0.39, 0.29) is 0 Å². The van der Waals surface area contributed by atoms with Crippen molar-refractivity contribution < 1.29 is 0 Å². The van der Waals surface area contributed by atoms with Crippen molar-refractivity contribution in [2.45, 2.75) is 53.4 Å². The van der Waals surface area contributed by atoms with Crippen LogP contribution in [0.4, 0.5) is 0 Å². The third-order valence-corrected chi connectivity index (χ3v) is 3.08. The summed E-state index contributed by atoms with van der Waals surface area (Å²) in [5.74, 6) is 3.89. The SMILES string of the molecule is CC(C)CC1CC(C)CC(C)C1. The van der Waals surface area contributed by atoms with E-state index in [1.807, 2.05) is 0 Å². The second-order valence-electron chi connectivity index (χ2n) is 5.41. The van der Waals surface area contributed by atoms with E-state index in [0.717, 1.165) is 23.7 Å². The monoisotopic (exact) mass is 168 g/mol. The fourth-order valence-electron chi connectivity index (χ4n) is 2.97. The maximum atomic E-state index is 2.42. The minimum absolute atomic E-state index is 0.896. The molecule has 2 unspecified atom stereocenters. The van der Waals surface area contributed by atoms with Gasteiger partial charge in [-0.3, -0.25) is 0 Å². The second kappa shape index (κ2) is 4.30. The van der Waals surface area contributed by atoms with E-state index in [0.29, 0.717) is 0 Å². The maximum Gasteiger partial charge on any atom is -0.0407 e. The average molecular weight is 168 g/mol. The Balaban J connectivity index is 2.34. The third-order valence-electron chi connectivity index (χ3n) is 3.08. The van der Waals surface area contributed by atoms with Crippen LogP contribution >= 0.6 is 0 Å². The smallest absolute Gasteiger partial charge is 0.0407 e. The number of hydrogen-bond acceptors (Lipinski definition) is 0. The molecule has 0 nitrogen and oxygen atoms in total. The highest BCUT2D eigenvalue weighted by molar-refractivity contribution is 4.75. The van der Waals surface area contributed by atoms with Gasteiger partial charge in [0.05, 0.1) is 0 Å². The van der Waals surface area contributed by atoms with Crippen LogP contribution in [-0.4, -0.2) is 0 Å². The van der Waals surface area contributed by atoms with E-state index in [4.69, 9.17) is 0 Å². The molecular weight excluding hydrogens is 144 g/mol. The zero-order valence-electron chi connectivity index (χ0n) is 9.14. The van der Waals surface area contributed by atoms with Gasteiger partial charge in [-0.15, -0.1) is 0 Å². The van der Waals surface area contributed by atoms with Gasteiger partial charge in [-0.2, -0.15) is 0 Å². The molecule has 72 valence electrons. The van der Waals surface area contributed by atoms with Crippen molar-refractivity contribution in [2.24, 2.45) is 23.7 Å². The zero-order chi connectivity index (χ0) is 9.14. The predicted octanol–water partition coefficient (Wildman–Crippen LogP) is 4.10. The molecule has 1 saturated carbocycles. The van der Waals surface area contributed by atoms with Gasteiger partial charge in [0.2, 0.25) is 0 Å². The van der Waals surface area contributed by atoms with Crippen molar-refractivity contribution in [1.29, 1.82) is 0 Å². The summed E-state index contributed by atoms with van der Waals surface area (Å²) in [6.07, 6.45) is 5.90. The zero-order valence-corrected chi connectivity index (χ0v) is 9.14. The van der Waals surface area contributed by atoms with Crippen molar-refractivity contribution in [3.05, 3.63) is 0 Å². The maximum absolute atomic E-state index is 2.42. The Bertz CT molecular complexity index is 113. The first kappa shape index (κ1) is 10.1. The molecule has 12 heavy (non-hydrogen) atoms. The highest BCUT2D eigenvalue weighted by Gasteiger charge is 2.23. The molecule has 0 heterocycles. The lowest BCUT2D eigenvalue weighted by Gasteiger charge is -2.32. The van der Waals surface area contributed by atoms with E-state index >= 15 is 0 Å². The molecule has 1 fully saturated rings. The molecule has 0 bridgehead atoms. The van der Waals surface area contributed by atoms with Gasteiger partial charge in [0.25, 0.3) is 0 Å². The molecule has 0 amide bonds. The van der Waals surface area contributed by atoms with E-state index < -0.39 is 0 Å². The van der Waals surface area contributed by atoms with Crippen molar-refractivity contribution in [3.63, 3.8) is 0 Å². The van der Waals surface area contributed by atoms with Crippen LogP contribution in [0.3, 0.4) is 0 Å². The van der Waals surface area contributed by atoms with E-state index in [2.05, 4.69) is 27.7 Å². The highest BCUT2D eigenvalue weighted by Crippen LogP contribution is 2.35. The molecule has 0 saturated heterocycles. The molecule has 0 radical (unpaired) electrons. The van der Waals surface area contributed by atoms with Crippen molar-refractivity contribution >= 4 is 0 Å². The van der Waals surface area contributed by atoms with E-state index in [1.165, 1.54) is 25.7 Å². The summed E-state index contributed by atoms with van der Waals surface area (Å²) in [4.78, 5) is 0. The fourth-order valence-corrected chi connectivity index (χ4v) is 2.97. The molecular formula is C12H24. The normalized spacial score (nSPS) is 37.2. The molecule has 0 heteroatoms. The van der Waals surface area contributed by atoms with Crippen LogP contribution in [0.1, 0.15) is 53.4 Å². The Hall–Kier alpha value is 0. The van der Waals surface area contributed by atoms with Crippen LogP contribution in [0.15, 0.2) is 0 Å². The van der Waals surface area contributed by atoms with Gasteiger partial charge in [-0.25, -0.2) is 0 Å². The van der Waals surface area contributed by atoms with Crippen LogP contribution in [-0.2, 0) is 0 Å². The lowest BCUT2D eigenvalue weighted by atomic mass is 9.74.